The average molecular weight is 326 g/mol. The molecule has 0 saturated carbocycles. The van der Waals surface area contributed by atoms with Crippen LogP contribution in [0, 0.1) is 6.92 Å². The molecule has 4 nitrogen and oxygen atoms in total. The largest absolute Gasteiger partial charge is 0.497 e. The number of carbonyl (C=O) groups is 1. The monoisotopic (exact) mass is 326 g/mol. The number of benzene rings is 2. The molecular formula is C18H18N2O2S. The molecule has 0 aliphatic carbocycles. The summed E-state index contributed by atoms with van der Waals surface area (Å²) < 4.78 is 5.12. The van der Waals surface area contributed by atoms with E-state index in [0.29, 0.717) is 11.6 Å². The van der Waals surface area contributed by atoms with Crippen LogP contribution < -0.4 is 10.1 Å². The summed E-state index contributed by atoms with van der Waals surface area (Å²) in [5.74, 6) is 0.803. The molecule has 2 aromatic carbocycles. The van der Waals surface area contributed by atoms with Crippen LogP contribution in [0.15, 0.2) is 53.5 Å². The zero-order chi connectivity index (χ0) is 16.2. The molecule has 1 heterocycles. The van der Waals surface area contributed by atoms with Crippen LogP contribution in [0.5, 0.6) is 5.75 Å². The molecule has 0 radical (unpaired) electrons. The quantitative estimate of drug-likeness (QED) is 0.936. The van der Waals surface area contributed by atoms with E-state index in [1.807, 2.05) is 24.3 Å². The number of hydrogen-bond donors (Lipinski definition) is 1. The number of amides is 1. The molecule has 0 unspecified atom stereocenters. The van der Waals surface area contributed by atoms with Crippen molar-refractivity contribution in [1.82, 2.24) is 5.32 Å². The van der Waals surface area contributed by atoms with Crippen molar-refractivity contribution in [2.24, 2.45) is 4.99 Å². The molecule has 1 amide bonds. The van der Waals surface area contributed by atoms with Gasteiger partial charge in [-0.15, -0.1) is 0 Å². The van der Waals surface area contributed by atoms with E-state index in [2.05, 4.69) is 41.5 Å². The minimum Gasteiger partial charge on any atom is -0.497 e. The van der Waals surface area contributed by atoms with E-state index in [1.165, 1.54) is 17.3 Å². The highest BCUT2D eigenvalue weighted by Crippen LogP contribution is 2.26. The van der Waals surface area contributed by atoms with Gasteiger partial charge < -0.3 is 10.1 Å². The van der Waals surface area contributed by atoms with E-state index in [4.69, 9.17) is 4.74 Å². The van der Waals surface area contributed by atoms with Crippen LogP contribution in [0.4, 0.5) is 5.69 Å². The molecule has 1 fully saturated rings. The number of aliphatic imine (C=N–C) groups is 1. The Hall–Kier alpha value is -2.27. The fraction of sp³-hybridized carbons (Fsp3) is 0.222. The lowest BCUT2D eigenvalue weighted by Crippen LogP contribution is -2.25. The Kier molecular flexibility index (Phi) is 4.67. The first kappa shape index (κ1) is 15.6. The molecule has 1 saturated heterocycles. The van der Waals surface area contributed by atoms with Crippen molar-refractivity contribution in [1.29, 1.82) is 0 Å². The molecule has 0 bridgehead atoms. The second-order valence-electron chi connectivity index (χ2n) is 5.40. The fourth-order valence-corrected chi connectivity index (χ4v) is 3.33. The highest BCUT2D eigenvalue weighted by atomic mass is 32.2. The Labute approximate surface area is 140 Å². The van der Waals surface area contributed by atoms with E-state index in [9.17, 15) is 4.79 Å². The molecule has 1 atom stereocenters. The molecule has 0 aromatic heterocycles. The summed E-state index contributed by atoms with van der Waals surface area (Å²) in [4.78, 5) is 16.6. The normalized spacial score (nSPS) is 19.0. The summed E-state index contributed by atoms with van der Waals surface area (Å²) in [5, 5.41) is 3.38. The summed E-state index contributed by atoms with van der Waals surface area (Å²) in [6, 6.07) is 15.7. The zero-order valence-corrected chi connectivity index (χ0v) is 13.9. The number of carbonyl (C=O) groups excluding carboxylic acids is 1. The summed E-state index contributed by atoms with van der Waals surface area (Å²) >= 11 is 1.48. The van der Waals surface area contributed by atoms with Crippen molar-refractivity contribution in [3.05, 3.63) is 59.7 Å². The number of aryl methyl sites for hydroxylation is 1. The maximum atomic E-state index is 12.1. The highest BCUT2D eigenvalue weighted by molar-refractivity contribution is 8.15. The van der Waals surface area contributed by atoms with Gasteiger partial charge in [-0.05, 0) is 43.2 Å². The fourth-order valence-electron chi connectivity index (χ4n) is 2.30. The van der Waals surface area contributed by atoms with Crippen LogP contribution in [0.2, 0.25) is 0 Å². The second-order valence-corrected chi connectivity index (χ2v) is 6.59. The molecule has 1 aliphatic rings. The first-order valence-electron chi connectivity index (χ1n) is 7.40. The predicted molar refractivity (Wildman–Crippen MR) is 94.5 cm³/mol. The maximum Gasteiger partial charge on any atom is 0.239 e. The van der Waals surface area contributed by atoms with Gasteiger partial charge in [0, 0.05) is 0 Å². The van der Waals surface area contributed by atoms with Gasteiger partial charge in [-0.25, -0.2) is 4.99 Å². The first-order chi connectivity index (χ1) is 11.1. The number of amidine groups is 1. The Morgan fingerprint density at radius 3 is 2.48 bits per heavy atom. The van der Waals surface area contributed by atoms with Gasteiger partial charge in [0.05, 0.1) is 18.0 Å². The van der Waals surface area contributed by atoms with Crippen LogP contribution in [-0.4, -0.2) is 23.4 Å². The van der Waals surface area contributed by atoms with Crippen LogP contribution in [-0.2, 0) is 11.2 Å². The predicted octanol–water partition coefficient (Wildman–Crippen LogP) is 3.47. The molecule has 1 N–H and O–H groups in total. The van der Waals surface area contributed by atoms with Gasteiger partial charge >= 0.3 is 0 Å². The van der Waals surface area contributed by atoms with Gasteiger partial charge in [0.1, 0.15) is 5.75 Å². The molecule has 23 heavy (non-hydrogen) atoms. The van der Waals surface area contributed by atoms with Gasteiger partial charge in [0.2, 0.25) is 5.91 Å². The van der Waals surface area contributed by atoms with Crippen molar-refractivity contribution >= 4 is 28.5 Å². The third kappa shape index (κ3) is 3.93. The third-order valence-corrected chi connectivity index (χ3v) is 4.70. The van der Waals surface area contributed by atoms with Crippen molar-refractivity contribution < 1.29 is 9.53 Å². The van der Waals surface area contributed by atoms with Crippen molar-refractivity contribution in [3.8, 4) is 5.75 Å². The average Bonchev–Trinajstić information content (AvgIpc) is 2.90. The Bertz CT molecular complexity index is 724. The van der Waals surface area contributed by atoms with Gasteiger partial charge in [-0.2, -0.15) is 0 Å². The number of nitrogens with one attached hydrogen (secondary N) is 1. The number of nitrogens with zero attached hydrogens (tertiary/aromatic N) is 1. The van der Waals surface area contributed by atoms with Crippen LogP contribution >= 0.6 is 11.8 Å². The standard InChI is InChI=1S/C18H18N2O2S/c1-12-3-5-13(6-4-12)11-16-17(21)20-18(23-16)19-14-7-9-15(22-2)10-8-14/h3-10,16H,11H2,1-2H3,(H,19,20,21)/t16-/m0/s1. The molecule has 2 aromatic rings. The van der Waals surface area contributed by atoms with Gasteiger partial charge in [0.15, 0.2) is 5.17 Å². The van der Waals surface area contributed by atoms with Gasteiger partial charge in [-0.3, -0.25) is 4.79 Å². The number of rotatable bonds is 4. The van der Waals surface area contributed by atoms with E-state index in [-0.39, 0.29) is 11.2 Å². The van der Waals surface area contributed by atoms with E-state index < -0.39 is 0 Å². The van der Waals surface area contributed by atoms with Crippen molar-refractivity contribution in [3.63, 3.8) is 0 Å². The SMILES string of the molecule is COc1ccc(N=C2NC(=O)[C@H](Cc3ccc(C)cc3)S2)cc1. The molecule has 0 spiro atoms. The lowest BCUT2D eigenvalue weighted by molar-refractivity contribution is -0.118. The lowest BCUT2D eigenvalue weighted by atomic mass is 10.1. The number of hydrogen-bond acceptors (Lipinski definition) is 4. The van der Waals surface area contributed by atoms with E-state index in [1.54, 1.807) is 7.11 Å². The van der Waals surface area contributed by atoms with Crippen molar-refractivity contribution in [2.75, 3.05) is 7.11 Å². The summed E-state index contributed by atoms with van der Waals surface area (Å²) in [7, 11) is 1.63. The number of thioether (sulfide) groups is 1. The third-order valence-electron chi connectivity index (χ3n) is 3.62. The van der Waals surface area contributed by atoms with E-state index >= 15 is 0 Å². The maximum absolute atomic E-state index is 12.1. The van der Waals surface area contributed by atoms with Gasteiger partial charge in [0.25, 0.3) is 0 Å². The Balaban J connectivity index is 1.68. The lowest BCUT2D eigenvalue weighted by Gasteiger charge is -2.05. The smallest absolute Gasteiger partial charge is 0.239 e. The zero-order valence-electron chi connectivity index (χ0n) is 13.1. The Morgan fingerprint density at radius 1 is 1.13 bits per heavy atom. The summed E-state index contributed by atoms with van der Waals surface area (Å²) in [6.07, 6.45) is 0.707. The molecule has 1 aliphatic heterocycles. The number of methoxy groups -OCH3 is 1. The summed E-state index contributed by atoms with van der Waals surface area (Å²) in [5.41, 5.74) is 3.18. The summed E-state index contributed by atoms with van der Waals surface area (Å²) in [6.45, 7) is 2.06. The number of ether oxygens (including phenoxy) is 1. The second kappa shape index (κ2) is 6.87. The molecular weight excluding hydrogens is 308 g/mol. The minimum atomic E-state index is -0.130. The van der Waals surface area contributed by atoms with Crippen molar-refractivity contribution in [2.45, 2.75) is 18.6 Å². The minimum absolute atomic E-state index is 0.0165. The van der Waals surface area contributed by atoms with Crippen LogP contribution in [0.1, 0.15) is 11.1 Å². The molecule has 118 valence electrons. The van der Waals surface area contributed by atoms with Crippen LogP contribution in [0.25, 0.3) is 0 Å². The van der Waals surface area contributed by atoms with E-state index in [0.717, 1.165) is 17.0 Å². The highest BCUT2D eigenvalue weighted by Gasteiger charge is 2.30. The molecule has 5 heteroatoms. The first-order valence-corrected chi connectivity index (χ1v) is 8.28. The Morgan fingerprint density at radius 2 is 1.83 bits per heavy atom. The van der Waals surface area contributed by atoms with Crippen LogP contribution in [0.3, 0.4) is 0 Å². The molecule has 3 rings (SSSR count). The van der Waals surface area contributed by atoms with Gasteiger partial charge in [-0.1, -0.05) is 41.6 Å². The topological polar surface area (TPSA) is 50.7 Å².